The number of ether oxygens (including phenoxy) is 1. The molecule has 0 atom stereocenters. The second-order valence-corrected chi connectivity index (χ2v) is 4.21. The van der Waals surface area contributed by atoms with Crippen molar-refractivity contribution >= 4 is 12.6 Å². The maximum absolute atomic E-state index is 8.99. The van der Waals surface area contributed by atoms with Gasteiger partial charge in [0, 0.05) is 0 Å². The summed E-state index contributed by atoms with van der Waals surface area (Å²) >= 11 is 0. The molecule has 0 saturated carbocycles. The average molecular weight is 286 g/mol. The molecule has 0 unspecified atom stereocenters. The third-order valence-corrected chi connectivity index (χ3v) is 2.74. The Morgan fingerprint density at radius 3 is 2.57 bits per heavy atom. The van der Waals surface area contributed by atoms with Crippen molar-refractivity contribution < 1.29 is 23.6 Å². The highest BCUT2D eigenvalue weighted by molar-refractivity contribution is 6.58. The normalized spacial score (nSPS) is 10.6. The molecule has 2 aromatic heterocycles. The molecule has 0 aliphatic heterocycles. The number of rotatable bonds is 5. The van der Waals surface area contributed by atoms with Gasteiger partial charge in [-0.05, 0) is 29.7 Å². The molecule has 106 valence electrons. The quantitative estimate of drug-likeness (QED) is 0.662. The van der Waals surface area contributed by atoms with Crippen LogP contribution in [0.5, 0.6) is 5.75 Å². The summed E-state index contributed by atoms with van der Waals surface area (Å²) in [5, 5.41) is 25.7. The molecular formula is C13H11BN2O5. The van der Waals surface area contributed by atoms with E-state index in [1.165, 1.54) is 6.26 Å². The first-order valence-electron chi connectivity index (χ1n) is 6.17. The lowest BCUT2D eigenvalue weighted by Crippen LogP contribution is -2.29. The van der Waals surface area contributed by atoms with Gasteiger partial charge >= 0.3 is 7.12 Å². The lowest BCUT2D eigenvalue weighted by molar-refractivity contribution is 0.264. The van der Waals surface area contributed by atoms with Crippen LogP contribution in [0, 0.1) is 0 Å². The van der Waals surface area contributed by atoms with Crippen LogP contribution in [0.3, 0.4) is 0 Å². The fourth-order valence-electron chi connectivity index (χ4n) is 1.69. The molecule has 0 aliphatic carbocycles. The Labute approximate surface area is 120 Å². The maximum atomic E-state index is 8.99. The zero-order chi connectivity index (χ0) is 14.7. The minimum atomic E-state index is -1.49. The van der Waals surface area contributed by atoms with E-state index in [1.54, 1.807) is 36.4 Å². The summed E-state index contributed by atoms with van der Waals surface area (Å²) in [6.07, 6.45) is 1.52. The van der Waals surface area contributed by atoms with Crippen LogP contribution >= 0.6 is 0 Å². The molecular weight excluding hydrogens is 275 g/mol. The van der Waals surface area contributed by atoms with Gasteiger partial charge < -0.3 is 23.6 Å². The lowest BCUT2D eigenvalue weighted by atomic mass is 9.80. The second-order valence-electron chi connectivity index (χ2n) is 4.21. The Kier molecular flexibility index (Phi) is 3.72. The van der Waals surface area contributed by atoms with E-state index in [2.05, 4.69) is 10.2 Å². The van der Waals surface area contributed by atoms with E-state index < -0.39 is 7.12 Å². The first-order chi connectivity index (χ1) is 10.2. The van der Waals surface area contributed by atoms with Crippen LogP contribution < -0.4 is 10.2 Å². The average Bonchev–Trinajstić information content (AvgIpc) is 3.16. The summed E-state index contributed by atoms with van der Waals surface area (Å²) in [5.41, 5.74) is 0.389. The van der Waals surface area contributed by atoms with Crippen molar-refractivity contribution in [2.75, 3.05) is 0 Å². The van der Waals surface area contributed by atoms with Crippen molar-refractivity contribution in [1.29, 1.82) is 0 Å². The molecule has 2 heterocycles. The van der Waals surface area contributed by atoms with E-state index in [0.29, 0.717) is 22.9 Å². The van der Waals surface area contributed by atoms with Crippen LogP contribution in [-0.4, -0.2) is 27.4 Å². The zero-order valence-electron chi connectivity index (χ0n) is 10.8. The van der Waals surface area contributed by atoms with E-state index in [4.69, 9.17) is 23.6 Å². The van der Waals surface area contributed by atoms with Crippen LogP contribution in [0.25, 0.3) is 11.7 Å². The molecule has 8 heteroatoms. The van der Waals surface area contributed by atoms with Crippen molar-refractivity contribution in [3.63, 3.8) is 0 Å². The van der Waals surface area contributed by atoms with Gasteiger partial charge in [-0.15, -0.1) is 10.2 Å². The molecule has 1 aromatic carbocycles. The molecule has 7 nitrogen and oxygen atoms in total. The van der Waals surface area contributed by atoms with Gasteiger partial charge in [-0.25, -0.2) is 0 Å². The van der Waals surface area contributed by atoms with Gasteiger partial charge in [0.2, 0.25) is 0 Å². The Bertz CT molecular complexity index is 694. The highest BCUT2D eigenvalue weighted by atomic mass is 16.5. The summed E-state index contributed by atoms with van der Waals surface area (Å²) in [6, 6.07) is 9.81. The number of benzene rings is 1. The fraction of sp³-hybridized carbons (Fsp3) is 0.0769. The van der Waals surface area contributed by atoms with Gasteiger partial charge in [0.15, 0.2) is 12.4 Å². The molecule has 21 heavy (non-hydrogen) atoms. The van der Waals surface area contributed by atoms with Crippen LogP contribution in [0.15, 0.2) is 51.5 Å². The van der Waals surface area contributed by atoms with Crippen molar-refractivity contribution in [2.45, 2.75) is 6.61 Å². The van der Waals surface area contributed by atoms with Crippen molar-refractivity contribution in [3.8, 4) is 17.4 Å². The van der Waals surface area contributed by atoms with Gasteiger partial charge in [-0.3, -0.25) is 0 Å². The first-order valence-corrected chi connectivity index (χ1v) is 6.17. The molecule has 0 saturated heterocycles. The molecule has 0 amide bonds. The molecule has 3 rings (SSSR count). The van der Waals surface area contributed by atoms with Crippen molar-refractivity contribution in [1.82, 2.24) is 10.2 Å². The van der Waals surface area contributed by atoms with Crippen LogP contribution in [0.1, 0.15) is 5.89 Å². The molecule has 0 radical (unpaired) electrons. The standard InChI is InChI=1S/C13H11BN2O5/c17-14(18)9-3-5-10(6-4-9)20-8-12-15-16-13(21-12)11-2-1-7-19-11/h1-7,17-18H,8H2. The van der Waals surface area contributed by atoms with E-state index >= 15 is 0 Å². The largest absolute Gasteiger partial charge is 0.488 e. The molecule has 0 fully saturated rings. The summed E-state index contributed by atoms with van der Waals surface area (Å²) in [6.45, 7) is 0.106. The summed E-state index contributed by atoms with van der Waals surface area (Å²) in [7, 11) is -1.49. The Morgan fingerprint density at radius 2 is 1.90 bits per heavy atom. The van der Waals surface area contributed by atoms with Crippen LogP contribution in [0.4, 0.5) is 0 Å². The Morgan fingerprint density at radius 1 is 1.10 bits per heavy atom. The highest BCUT2D eigenvalue weighted by Crippen LogP contribution is 2.18. The minimum absolute atomic E-state index is 0.106. The molecule has 3 aromatic rings. The lowest BCUT2D eigenvalue weighted by Gasteiger charge is -2.04. The van der Waals surface area contributed by atoms with E-state index in [1.807, 2.05) is 0 Å². The van der Waals surface area contributed by atoms with Gasteiger partial charge in [0.05, 0.1) is 6.26 Å². The summed E-state index contributed by atoms with van der Waals surface area (Å²) in [4.78, 5) is 0. The first kappa shape index (κ1) is 13.4. The monoisotopic (exact) mass is 286 g/mol. The smallest absolute Gasteiger partial charge is 0.484 e. The molecule has 2 N–H and O–H groups in total. The van der Waals surface area contributed by atoms with Crippen molar-refractivity contribution in [3.05, 3.63) is 48.6 Å². The highest BCUT2D eigenvalue weighted by Gasteiger charge is 2.12. The van der Waals surface area contributed by atoms with E-state index in [-0.39, 0.29) is 12.5 Å². The summed E-state index contributed by atoms with van der Waals surface area (Å²) < 4.78 is 16.0. The minimum Gasteiger partial charge on any atom is -0.484 e. The Balaban J connectivity index is 1.62. The van der Waals surface area contributed by atoms with Gasteiger partial charge in [-0.1, -0.05) is 12.1 Å². The number of hydrogen-bond donors (Lipinski definition) is 2. The molecule has 0 spiro atoms. The maximum Gasteiger partial charge on any atom is 0.488 e. The number of nitrogens with zero attached hydrogens (tertiary/aromatic N) is 2. The second kappa shape index (κ2) is 5.82. The number of furan rings is 1. The topological polar surface area (TPSA) is 102 Å². The molecule has 0 aliphatic rings. The number of hydrogen-bond acceptors (Lipinski definition) is 7. The fourth-order valence-corrected chi connectivity index (χ4v) is 1.69. The van der Waals surface area contributed by atoms with E-state index in [9.17, 15) is 0 Å². The van der Waals surface area contributed by atoms with Gasteiger partial charge in [0.25, 0.3) is 11.8 Å². The zero-order valence-corrected chi connectivity index (χ0v) is 10.8. The van der Waals surface area contributed by atoms with Gasteiger partial charge in [0.1, 0.15) is 5.75 Å². The van der Waals surface area contributed by atoms with Crippen LogP contribution in [-0.2, 0) is 6.61 Å². The van der Waals surface area contributed by atoms with Crippen LogP contribution in [0.2, 0.25) is 0 Å². The summed E-state index contributed by atoms with van der Waals surface area (Å²) in [5.74, 6) is 1.65. The van der Waals surface area contributed by atoms with Gasteiger partial charge in [-0.2, -0.15) is 0 Å². The van der Waals surface area contributed by atoms with E-state index in [0.717, 1.165) is 0 Å². The predicted molar refractivity (Wildman–Crippen MR) is 72.6 cm³/mol. The Hall–Kier alpha value is -2.58. The predicted octanol–water partition coefficient (Wildman–Crippen LogP) is 0.588. The SMILES string of the molecule is OB(O)c1ccc(OCc2nnc(-c3ccco3)o2)cc1. The third-order valence-electron chi connectivity index (χ3n) is 2.74. The number of aromatic nitrogens is 2. The third kappa shape index (κ3) is 3.12. The van der Waals surface area contributed by atoms with Crippen molar-refractivity contribution in [2.24, 2.45) is 0 Å². The molecule has 0 bridgehead atoms.